The highest BCUT2D eigenvalue weighted by atomic mass is 15.2. The maximum Gasteiger partial charge on any atom is 0.135 e. The van der Waals surface area contributed by atoms with E-state index in [1.807, 2.05) is 6.20 Å². The average molecular weight is 329 g/mol. The van der Waals surface area contributed by atoms with E-state index >= 15 is 0 Å². The summed E-state index contributed by atoms with van der Waals surface area (Å²) in [4.78, 5) is 13.9. The third-order valence-electron chi connectivity index (χ3n) is 6.18. The van der Waals surface area contributed by atoms with Gasteiger partial charge in [-0.15, -0.1) is 0 Å². The first-order chi connectivity index (χ1) is 11.8. The molecule has 4 fully saturated rings. The summed E-state index contributed by atoms with van der Waals surface area (Å²) in [5.41, 5.74) is 1.31. The van der Waals surface area contributed by atoms with Crippen molar-refractivity contribution < 1.29 is 0 Å². The van der Waals surface area contributed by atoms with E-state index in [1.54, 1.807) is 6.33 Å². The van der Waals surface area contributed by atoms with Crippen molar-refractivity contribution >= 4 is 5.82 Å². The Kier molecular flexibility index (Phi) is 4.99. The fraction of sp³-hybridized carbons (Fsp3) is 0.789. The Morgan fingerprint density at radius 1 is 1.12 bits per heavy atom. The van der Waals surface area contributed by atoms with E-state index in [0.717, 1.165) is 37.9 Å². The molecular formula is C19H31N5. The van der Waals surface area contributed by atoms with Crippen molar-refractivity contribution in [1.29, 1.82) is 0 Å². The molecule has 0 amide bonds. The number of aryl methyl sites for hydroxylation is 1. The standard InChI is InChI=1S/C19H31N5/c1-2-3-16-12-20-14-21-19(16)24-10-6-17(7-11-24)22-18-13-23-8-4-15(18)5-9-23/h12,14-15,17-18,22H,2-11,13H2,1H3. The largest absolute Gasteiger partial charge is 0.356 e. The van der Waals surface area contributed by atoms with E-state index in [0.29, 0.717) is 6.04 Å². The second-order valence-corrected chi connectivity index (χ2v) is 7.79. The minimum Gasteiger partial charge on any atom is -0.356 e. The van der Waals surface area contributed by atoms with E-state index in [2.05, 4.69) is 32.0 Å². The number of nitrogens with zero attached hydrogens (tertiary/aromatic N) is 4. The van der Waals surface area contributed by atoms with Crippen molar-refractivity contribution in [2.45, 2.75) is 57.5 Å². The Labute approximate surface area is 145 Å². The molecule has 0 saturated carbocycles. The van der Waals surface area contributed by atoms with Crippen LogP contribution in [0.15, 0.2) is 12.5 Å². The Morgan fingerprint density at radius 2 is 1.92 bits per heavy atom. The Balaban J connectivity index is 1.32. The molecule has 0 aliphatic carbocycles. The summed E-state index contributed by atoms with van der Waals surface area (Å²) in [6, 6.07) is 1.42. The number of hydrogen-bond acceptors (Lipinski definition) is 5. The molecule has 1 N–H and O–H groups in total. The molecule has 0 aromatic carbocycles. The van der Waals surface area contributed by atoms with Crippen LogP contribution in [-0.2, 0) is 6.42 Å². The number of hydrogen-bond donors (Lipinski definition) is 1. The number of aromatic nitrogens is 2. The summed E-state index contributed by atoms with van der Waals surface area (Å²) in [5.74, 6) is 2.10. The highest BCUT2D eigenvalue weighted by Crippen LogP contribution is 2.29. The molecule has 4 saturated heterocycles. The van der Waals surface area contributed by atoms with Crippen LogP contribution < -0.4 is 10.2 Å². The molecule has 5 heterocycles. The van der Waals surface area contributed by atoms with Crippen LogP contribution in [0.25, 0.3) is 0 Å². The lowest BCUT2D eigenvalue weighted by atomic mass is 9.83. The van der Waals surface area contributed by atoms with Crippen molar-refractivity contribution in [2.75, 3.05) is 37.6 Å². The molecule has 0 radical (unpaired) electrons. The van der Waals surface area contributed by atoms with Gasteiger partial charge < -0.3 is 15.1 Å². The Morgan fingerprint density at radius 3 is 2.58 bits per heavy atom. The zero-order valence-corrected chi connectivity index (χ0v) is 15.0. The van der Waals surface area contributed by atoms with Gasteiger partial charge in [0.15, 0.2) is 0 Å². The van der Waals surface area contributed by atoms with Gasteiger partial charge in [-0.3, -0.25) is 0 Å². The smallest absolute Gasteiger partial charge is 0.135 e. The minimum absolute atomic E-state index is 0.684. The van der Waals surface area contributed by atoms with Crippen LogP contribution in [-0.4, -0.2) is 59.7 Å². The van der Waals surface area contributed by atoms with Gasteiger partial charge in [0, 0.05) is 43.5 Å². The highest BCUT2D eigenvalue weighted by molar-refractivity contribution is 5.45. The van der Waals surface area contributed by atoms with Gasteiger partial charge in [0.05, 0.1) is 0 Å². The predicted molar refractivity (Wildman–Crippen MR) is 97.3 cm³/mol. The van der Waals surface area contributed by atoms with Gasteiger partial charge in [-0.2, -0.15) is 0 Å². The van der Waals surface area contributed by atoms with Gasteiger partial charge in [-0.25, -0.2) is 9.97 Å². The van der Waals surface area contributed by atoms with Crippen molar-refractivity contribution in [3.63, 3.8) is 0 Å². The fourth-order valence-electron chi connectivity index (χ4n) is 4.80. The summed E-state index contributed by atoms with van der Waals surface area (Å²) in [6.07, 6.45) is 11.2. The summed E-state index contributed by atoms with van der Waals surface area (Å²) < 4.78 is 0. The van der Waals surface area contributed by atoms with E-state index in [4.69, 9.17) is 0 Å². The first kappa shape index (κ1) is 16.3. The second kappa shape index (κ2) is 7.36. The first-order valence-corrected chi connectivity index (χ1v) is 9.85. The highest BCUT2D eigenvalue weighted by Gasteiger charge is 2.35. The summed E-state index contributed by atoms with van der Waals surface area (Å²) >= 11 is 0. The maximum absolute atomic E-state index is 4.58. The monoisotopic (exact) mass is 329 g/mol. The van der Waals surface area contributed by atoms with Crippen LogP contribution in [0.1, 0.15) is 44.6 Å². The van der Waals surface area contributed by atoms with Gasteiger partial charge in [0.25, 0.3) is 0 Å². The average Bonchev–Trinajstić information content (AvgIpc) is 2.64. The van der Waals surface area contributed by atoms with Crippen LogP contribution >= 0.6 is 0 Å². The normalized spacial score (nSPS) is 30.7. The number of rotatable bonds is 5. The molecule has 5 nitrogen and oxygen atoms in total. The van der Waals surface area contributed by atoms with Crippen LogP contribution in [0.2, 0.25) is 0 Å². The van der Waals surface area contributed by atoms with Crippen molar-refractivity contribution in [1.82, 2.24) is 20.2 Å². The van der Waals surface area contributed by atoms with Gasteiger partial charge in [0.1, 0.15) is 12.1 Å². The molecule has 4 aliphatic heterocycles. The molecule has 24 heavy (non-hydrogen) atoms. The van der Waals surface area contributed by atoms with Gasteiger partial charge in [-0.05, 0) is 51.1 Å². The van der Waals surface area contributed by atoms with E-state index in [1.165, 1.54) is 56.7 Å². The first-order valence-electron chi connectivity index (χ1n) is 9.85. The lowest BCUT2D eigenvalue weighted by Gasteiger charge is -2.47. The molecule has 1 atom stereocenters. The van der Waals surface area contributed by atoms with Crippen molar-refractivity contribution in [3.8, 4) is 0 Å². The second-order valence-electron chi connectivity index (χ2n) is 7.79. The van der Waals surface area contributed by atoms with Crippen LogP contribution in [0.4, 0.5) is 5.82 Å². The molecule has 5 heteroatoms. The van der Waals surface area contributed by atoms with Crippen molar-refractivity contribution in [2.24, 2.45) is 5.92 Å². The molecule has 1 unspecified atom stereocenters. The number of piperidine rings is 4. The Hall–Kier alpha value is -1.20. The zero-order chi connectivity index (χ0) is 16.4. The van der Waals surface area contributed by atoms with Crippen LogP contribution in [0.5, 0.6) is 0 Å². The molecule has 1 aromatic heterocycles. The Bertz CT molecular complexity index is 532. The quantitative estimate of drug-likeness (QED) is 0.896. The fourth-order valence-corrected chi connectivity index (χ4v) is 4.80. The number of fused-ring (bicyclic) bond motifs is 3. The lowest BCUT2D eigenvalue weighted by molar-refractivity contribution is 0.0652. The molecule has 0 spiro atoms. The van der Waals surface area contributed by atoms with E-state index < -0.39 is 0 Å². The van der Waals surface area contributed by atoms with Gasteiger partial charge in [0.2, 0.25) is 0 Å². The van der Waals surface area contributed by atoms with Crippen molar-refractivity contribution in [3.05, 3.63) is 18.1 Å². The van der Waals surface area contributed by atoms with Crippen LogP contribution in [0.3, 0.4) is 0 Å². The third-order valence-corrected chi connectivity index (χ3v) is 6.18. The molecule has 132 valence electrons. The molecule has 2 bridgehead atoms. The molecule has 1 aromatic rings. The molecule has 4 aliphatic rings. The van der Waals surface area contributed by atoms with Gasteiger partial charge in [-0.1, -0.05) is 13.3 Å². The minimum atomic E-state index is 0.684. The van der Waals surface area contributed by atoms with Crippen LogP contribution in [0, 0.1) is 5.92 Å². The SMILES string of the molecule is CCCc1cncnc1N1CCC(NC2CN3CCC2CC3)CC1. The molecule has 5 rings (SSSR count). The molecular weight excluding hydrogens is 298 g/mol. The summed E-state index contributed by atoms with van der Waals surface area (Å²) in [7, 11) is 0. The number of nitrogens with one attached hydrogen (secondary N) is 1. The zero-order valence-electron chi connectivity index (χ0n) is 15.0. The number of anilines is 1. The lowest BCUT2D eigenvalue weighted by Crippen LogP contribution is -2.59. The topological polar surface area (TPSA) is 44.3 Å². The summed E-state index contributed by atoms with van der Waals surface area (Å²) in [5, 5.41) is 4.00. The summed E-state index contributed by atoms with van der Waals surface area (Å²) in [6.45, 7) is 8.39. The van der Waals surface area contributed by atoms with E-state index in [-0.39, 0.29) is 0 Å². The van der Waals surface area contributed by atoms with Gasteiger partial charge >= 0.3 is 0 Å². The van der Waals surface area contributed by atoms with E-state index in [9.17, 15) is 0 Å². The maximum atomic E-state index is 4.58. The third kappa shape index (κ3) is 3.42. The predicted octanol–water partition coefficient (Wildman–Crippen LogP) is 2.08.